The maximum Gasteiger partial charge on any atom is 0.306 e. The zero-order valence-corrected chi connectivity index (χ0v) is 14.4. The molecule has 24 heavy (non-hydrogen) atoms. The number of hydrogen-bond donors (Lipinski definition) is 1. The van der Waals surface area contributed by atoms with Crippen LogP contribution in [0.2, 0.25) is 0 Å². The van der Waals surface area contributed by atoms with Gasteiger partial charge in [-0.25, -0.2) is 0 Å². The van der Waals surface area contributed by atoms with Gasteiger partial charge in [0.1, 0.15) is 0 Å². The van der Waals surface area contributed by atoms with Crippen LogP contribution < -0.4 is 0 Å². The van der Waals surface area contributed by atoms with Crippen molar-refractivity contribution < 1.29 is 9.90 Å². The summed E-state index contributed by atoms with van der Waals surface area (Å²) in [6, 6.07) is 17.6. The van der Waals surface area contributed by atoms with E-state index in [-0.39, 0.29) is 12.0 Å². The minimum atomic E-state index is -0.655. The molecule has 126 valence electrons. The standard InChI is InChI=1S/C21H25NO2/c1-15-6-8-17(9-7-15)20(19-5-3-4-16(2)14-19)22-12-10-18(11-13-22)21(23)24/h3-9,14,18,20H,10-13H2,1-2H3,(H,23,24). The van der Waals surface area contributed by atoms with Crippen LogP contribution in [-0.2, 0) is 4.79 Å². The Hall–Kier alpha value is -2.13. The van der Waals surface area contributed by atoms with E-state index in [2.05, 4.69) is 67.3 Å². The van der Waals surface area contributed by atoms with Gasteiger partial charge in [0.25, 0.3) is 0 Å². The van der Waals surface area contributed by atoms with Crippen LogP contribution in [0, 0.1) is 19.8 Å². The molecule has 3 nitrogen and oxygen atoms in total. The van der Waals surface area contributed by atoms with E-state index in [4.69, 9.17) is 0 Å². The SMILES string of the molecule is Cc1ccc(C(c2cccc(C)c2)N2CCC(C(=O)O)CC2)cc1. The van der Waals surface area contributed by atoms with Crippen molar-refractivity contribution in [3.05, 3.63) is 70.8 Å². The first-order valence-corrected chi connectivity index (χ1v) is 8.64. The maximum absolute atomic E-state index is 11.2. The largest absolute Gasteiger partial charge is 0.481 e. The first-order valence-electron chi connectivity index (χ1n) is 8.64. The summed E-state index contributed by atoms with van der Waals surface area (Å²) in [6.07, 6.45) is 1.45. The number of piperidine rings is 1. The number of likely N-dealkylation sites (tertiary alicyclic amines) is 1. The second-order valence-electron chi connectivity index (χ2n) is 6.88. The van der Waals surface area contributed by atoms with Crippen LogP contribution in [0.3, 0.4) is 0 Å². The third-order valence-corrected chi connectivity index (χ3v) is 4.99. The molecule has 1 aliphatic heterocycles. The lowest BCUT2D eigenvalue weighted by Gasteiger charge is -2.37. The lowest BCUT2D eigenvalue weighted by Crippen LogP contribution is -2.39. The number of rotatable bonds is 4. The van der Waals surface area contributed by atoms with Crippen LogP contribution >= 0.6 is 0 Å². The highest BCUT2D eigenvalue weighted by atomic mass is 16.4. The summed E-state index contributed by atoms with van der Waals surface area (Å²) >= 11 is 0. The quantitative estimate of drug-likeness (QED) is 0.917. The number of nitrogens with zero attached hydrogens (tertiary/aromatic N) is 1. The fourth-order valence-corrected chi connectivity index (χ4v) is 3.61. The molecule has 1 atom stereocenters. The van der Waals surface area contributed by atoms with Gasteiger partial charge in [0.15, 0.2) is 0 Å². The minimum Gasteiger partial charge on any atom is -0.481 e. The Morgan fingerprint density at radius 1 is 1.00 bits per heavy atom. The van der Waals surface area contributed by atoms with Gasteiger partial charge >= 0.3 is 5.97 Å². The van der Waals surface area contributed by atoms with Crippen molar-refractivity contribution in [2.45, 2.75) is 32.7 Å². The second kappa shape index (κ2) is 7.18. The van der Waals surface area contributed by atoms with Gasteiger partial charge in [0.2, 0.25) is 0 Å². The number of benzene rings is 2. The Morgan fingerprint density at radius 3 is 2.25 bits per heavy atom. The third-order valence-electron chi connectivity index (χ3n) is 4.99. The summed E-state index contributed by atoms with van der Waals surface area (Å²) in [6.45, 7) is 5.86. The van der Waals surface area contributed by atoms with E-state index in [1.54, 1.807) is 0 Å². The Kier molecular flexibility index (Phi) is 5.00. The lowest BCUT2D eigenvalue weighted by molar-refractivity contribution is -0.143. The highest BCUT2D eigenvalue weighted by molar-refractivity contribution is 5.70. The molecular formula is C21H25NO2. The van der Waals surface area contributed by atoms with E-state index in [0.29, 0.717) is 0 Å². The van der Waals surface area contributed by atoms with E-state index < -0.39 is 5.97 Å². The van der Waals surface area contributed by atoms with E-state index in [1.165, 1.54) is 22.3 Å². The molecule has 1 aliphatic rings. The van der Waals surface area contributed by atoms with Crippen molar-refractivity contribution in [2.24, 2.45) is 5.92 Å². The zero-order chi connectivity index (χ0) is 17.1. The van der Waals surface area contributed by atoms with Gasteiger partial charge in [-0.05, 0) is 50.9 Å². The first-order chi connectivity index (χ1) is 11.5. The summed E-state index contributed by atoms with van der Waals surface area (Å²) in [7, 11) is 0. The normalized spacial score (nSPS) is 17.6. The Morgan fingerprint density at radius 2 is 1.67 bits per heavy atom. The Labute approximate surface area is 143 Å². The van der Waals surface area contributed by atoms with Crippen molar-refractivity contribution in [3.8, 4) is 0 Å². The van der Waals surface area contributed by atoms with Gasteiger partial charge in [-0.1, -0.05) is 59.7 Å². The number of carboxylic acid groups (broad SMARTS) is 1. The van der Waals surface area contributed by atoms with Crippen molar-refractivity contribution in [1.82, 2.24) is 4.90 Å². The van der Waals surface area contributed by atoms with Gasteiger partial charge in [0, 0.05) is 0 Å². The Balaban J connectivity index is 1.91. The van der Waals surface area contributed by atoms with Gasteiger partial charge in [-0.15, -0.1) is 0 Å². The van der Waals surface area contributed by atoms with Crippen molar-refractivity contribution >= 4 is 5.97 Å². The van der Waals surface area contributed by atoms with Crippen LogP contribution in [0.5, 0.6) is 0 Å². The zero-order valence-electron chi connectivity index (χ0n) is 14.4. The maximum atomic E-state index is 11.2. The fraction of sp³-hybridized carbons (Fsp3) is 0.381. The van der Waals surface area contributed by atoms with Crippen LogP contribution in [0.25, 0.3) is 0 Å². The van der Waals surface area contributed by atoms with Gasteiger partial charge in [-0.2, -0.15) is 0 Å². The molecule has 0 saturated carbocycles. The molecule has 3 rings (SSSR count). The third kappa shape index (κ3) is 3.68. The second-order valence-corrected chi connectivity index (χ2v) is 6.88. The smallest absolute Gasteiger partial charge is 0.306 e. The molecule has 0 spiro atoms. The van der Waals surface area contributed by atoms with Crippen LogP contribution in [-0.4, -0.2) is 29.1 Å². The van der Waals surface area contributed by atoms with Crippen molar-refractivity contribution in [2.75, 3.05) is 13.1 Å². The molecule has 0 aliphatic carbocycles. The van der Waals surface area contributed by atoms with Gasteiger partial charge in [-0.3, -0.25) is 9.69 Å². The minimum absolute atomic E-state index is 0.195. The molecule has 1 N–H and O–H groups in total. The molecule has 1 fully saturated rings. The summed E-state index contributed by atoms with van der Waals surface area (Å²) in [5, 5.41) is 9.25. The van der Waals surface area contributed by atoms with E-state index in [0.717, 1.165) is 25.9 Å². The fourth-order valence-electron chi connectivity index (χ4n) is 3.61. The summed E-state index contributed by atoms with van der Waals surface area (Å²) < 4.78 is 0. The van der Waals surface area contributed by atoms with Crippen molar-refractivity contribution in [3.63, 3.8) is 0 Å². The summed E-state index contributed by atoms with van der Waals surface area (Å²) in [4.78, 5) is 13.7. The molecule has 0 amide bonds. The molecule has 0 bridgehead atoms. The molecule has 2 aromatic carbocycles. The van der Waals surface area contributed by atoms with Gasteiger partial charge < -0.3 is 5.11 Å². The number of aryl methyl sites for hydroxylation is 2. The van der Waals surface area contributed by atoms with Crippen LogP contribution in [0.4, 0.5) is 0 Å². The topological polar surface area (TPSA) is 40.5 Å². The van der Waals surface area contributed by atoms with Crippen LogP contribution in [0.1, 0.15) is 41.1 Å². The van der Waals surface area contributed by atoms with Crippen molar-refractivity contribution in [1.29, 1.82) is 0 Å². The number of aliphatic carboxylic acids is 1. The number of carboxylic acids is 1. The number of carbonyl (C=O) groups is 1. The molecule has 0 aromatic heterocycles. The monoisotopic (exact) mass is 323 g/mol. The highest BCUT2D eigenvalue weighted by Crippen LogP contribution is 2.33. The van der Waals surface area contributed by atoms with Crippen LogP contribution in [0.15, 0.2) is 48.5 Å². The summed E-state index contributed by atoms with van der Waals surface area (Å²) in [5.41, 5.74) is 5.07. The van der Waals surface area contributed by atoms with Gasteiger partial charge in [0.05, 0.1) is 12.0 Å². The molecule has 3 heteroatoms. The Bertz CT molecular complexity index is 700. The van der Waals surface area contributed by atoms with E-state index in [9.17, 15) is 9.90 Å². The predicted molar refractivity (Wildman–Crippen MR) is 96.1 cm³/mol. The van der Waals surface area contributed by atoms with E-state index in [1.807, 2.05) is 0 Å². The molecule has 2 aromatic rings. The number of hydrogen-bond acceptors (Lipinski definition) is 2. The lowest BCUT2D eigenvalue weighted by atomic mass is 9.90. The molecule has 1 heterocycles. The van der Waals surface area contributed by atoms with E-state index >= 15 is 0 Å². The molecular weight excluding hydrogens is 298 g/mol. The predicted octanol–water partition coefficient (Wildman–Crippen LogP) is 4.19. The highest BCUT2D eigenvalue weighted by Gasteiger charge is 2.30. The molecule has 1 saturated heterocycles. The molecule has 1 unspecified atom stereocenters. The average Bonchev–Trinajstić information content (AvgIpc) is 2.57. The molecule has 0 radical (unpaired) electrons. The summed E-state index contributed by atoms with van der Waals surface area (Å²) in [5.74, 6) is -0.852. The average molecular weight is 323 g/mol. The first kappa shape index (κ1) is 16.7.